The standard InChI is InChI=1S/C10H3Cl5/c11-4-1-6-5(7(12)2-4)3-8(13)10(15)9(6)14/h1-3H. The van der Waals surface area contributed by atoms with E-state index in [9.17, 15) is 0 Å². The fraction of sp³-hybridized carbons (Fsp3) is 0. The van der Waals surface area contributed by atoms with E-state index in [0.29, 0.717) is 30.5 Å². The van der Waals surface area contributed by atoms with Gasteiger partial charge in [0.1, 0.15) is 0 Å². The molecule has 0 aromatic heterocycles. The molecule has 0 spiro atoms. The lowest BCUT2D eigenvalue weighted by atomic mass is 10.1. The summed E-state index contributed by atoms with van der Waals surface area (Å²) in [7, 11) is 0. The lowest BCUT2D eigenvalue weighted by molar-refractivity contribution is 1.74. The maximum atomic E-state index is 6.04. The Hall–Kier alpha value is 0.150. The number of halogens is 5. The van der Waals surface area contributed by atoms with Crippen LogP contribution in [-0.4, -0.2) is 0 Å². The topological polar surface area (TPSA) is 0 Å². The molecule has 5 heteroatoms. The van der Waals surface area contributed by atoms with Gasteiger partial charge < -0.3 is 0 Å². The van der Waals surface area contributed by atoms with Gasteiger partial charge in [0, 0.05) is 20.8 Å². The maximum absolute atomic E-state index is 6.04. The van der Waals surface area contributed by atoms with E-state index in [4.69, 9.17) is 58.0 Å². The minimum Gasteiger partial charge on any atom is -0.0843 e. The van der Waals surface area contributed by atoms with Crippen molar-refractivity contribution in [1.82, 2.24) is 0 Å². The molecule has 0 radical (unpaired) electrons. The number of rotatable bonds is 0. The van der Waals surface area contributed by atoms with Crippen LogP contribution >= 0.6 is 58.0 Å². The summed E-state index contributed by atoms with van der Waals surface area (Å²) in [4.78, 5) is 0. The first-order chi connectivity index (χ1) is 7.00. The summed E-state index contributed by atoms with van der Waals surface area (Å²) in [6.45, 7) is 0. The molecule has 0 heterocycles. The molecule has 2 aromatic rings. The van der Waals surface area contributed by atoms with Gasteiger partial charge in [0.05, 0.1) is 15.1 Å². The lowest BCUT2D eigenvalue weighted by Gasteiger charge is -2.07. The summed E-state index contributed by atoms with van der Waals surface area (Å²) in [5, 5.41) is 3.49. The van der Waals surface area contributed by atoms with Gasteiger partial charge in [-0.2, -0.15) is 0 Å². The maximum Gasteiger partial charge on any atom is 0.0785 e. The van der Waals surface area contributed by atoms with E-state index in [1.54, 1.807) is 18.2 Å². The molecule has 0 nitrogen and oxygen atoms in total. The second kappa shape index (κ2) is 4.20. The Morgan fingerprint density at radius 1 is 0.600 bits per heavy atom. The SMILES string of the molecule is Clc1cc(Cl)c2cc(Cl)c(Cl)c(Cl)c2c1. The molecule has 0 unspecified atom stereocenters. The average Bonchev–Trinajstić information content (AvgIpc) is 2.17. The van der Waals surface area contributed by atoms with Gasteiger partial charge in [0.25, 0.3) is 0 Å². The quantitative estimate of drug-likeness (QED) is 0.515. The molecule has 0 atom stereocenters. The smallest absolute Gasteiger partial charge is 0.0785 e. The van der Waals surface area contributed by atoms with E-state index in [0.717, 1.165) is 5.39 Å². The van der Waals surface area contributed by atoms with Crippen molar-refractivity contribution in [3.05, 3.63) is 43.3 Å². The molecule has 78 valence electrons. The van der Waals surface area contributed by atoms with Crippen LogP contribution in [0.1, 0.15) is 0 Å². The van der Waals surface area contributed by atoms with Gasteiger partial charge in [0.15, 0.2) is 0 Å². The molecule has 0 saturated heterocycles. The van der Waals surface area contributed by atoms with Crippen LogP contribution in [0.5, 0.6) is 0 Å². The Balaban J connectivity index is 2.98. The zero-order chi connectivity index (χ0) is 11.2. The number of fused-ring (bicyclic) bond motifs is 1. The number of benzene rings is 2. The second-order valence-corrected chi connectivity index (χ2v) is 4.98. The van der Waals surface area contributed by atoms with Gasteiger partial charge in [-0.3, -0.25) is 0 Å². The molecule has 15 heavy (non-hydrogen) atoms. The van der Waals surface area contributed by atoms with Crippen molar-refractivity contribution in [2.75, 3.05) is 0 Å². The van der Waals surface area contributed by atoms with E-state index in [2.05, 4.69) is 0 Å². The first-order valence-electron chi connectivity index (χ1n) is 3.93. The third-order valence-electron chi connectivity index (χ3n) is 2.00. The van der Waals surface area contributed by atoms with Crippen molar-refractivity contribution >= 4 is 68.8 Å². The third kappa shape index (κ3) is 2.02. The zero-order valence-electron chi connectivity index (χ0n) is 7.12. The number of hydrogen-bond acceptors (Lipinski definition) is 0. The Kier molecular flexibility index (Phi) is 3.25. The summed E-state index contributed by atoms with van der Waals surface area (Å²) in [6.07, 6.45) is 0. The molecule has 0 bridgehead atoms. The van der Waals surface area contributed by atoms with Gasteiger partial charge in [0.2, 0.25) is 0 Å². The van der Waals surface area contributed by atoms with Crippen LogP contribution in [0.15, 0.2) is 18.2 Å². The molecule has 0 fully saturated rings. The predicted molar refractivity (Wildman–Crippen MR) is 69.0 cm³/mol. The van der Waals surface area contributed by atoms with Gasteiger partial charge in [-0.05, 0) is 18.2 Å². The fourth-order valence-corrected chi connectivity index (χ4v) is 2.54. The molecule has 0 saturated carbocycles. The van der Waals surface area contributed by atoms with Crippen molar-refractivity contribution in [2.24, 2.45) is 0 Å². The molecule has 2 rings (SSSR count). The molecule has 0 aliphatic rings. The van der Waals surface area contributed by atoms with E-state index >= 15 is 0 Å². The van der Waals surface area contributed by atoms with Crippen molar-refractivity contribution in [2.45, 2.75) is 0 Å². The van der Waals surface area contributed by atoms with Crippen molar-refractivity contribution in [3.63, 3.8) is 0 Å². The van der Waals surface area contributed by atoms with Crippen molar-refractivity contribution < 1.29 is 0 Å². The van der Waals surface area contributed by atoms with Gasteiger partial charge >= 0.3 is 0 Å². The van der Waals surface area contributed by atoms with Gasteiger partial charge in [-0.15, -0.1) is 0 Å². The zero-order valence-corrected chi connectivity index (χ0v) is 10.9. The van der Waals surface area contributed by atoms with Crippen molar-refractivity contribution in [1.29, 1.82) is 0 Å². The Morgan fingerprint density at radius 3 is 1.93 bits per heavy atom. The monoisotopic (exact) mass is 298 g/mol. The van der Waals surface area contributed by atoms with Gasteiger partial charge in [-0.1, -0.05) is 58.0 Å². The molecular weight excluding hydrogens is 297 g/mol. The Bertz CT molecular complexity index is 547. The summed E-state index contributed by atoms with van der Waals surface area (Å²) < 4.78 is 0. The summed E-state index contributed by atoms with van der Waals surface area (Å²) in [5.41, 5.74) is 0. The predicted octanol–water partition coefficient (Wildman–Crippen LogP) is 6.11. The van der Waals surface area contributed by atoms with Crippen LogP contribution in [0.3, 0.4) is 0 Å². The lowest BCUT2D eigenvalue weighted by Crippen LogP contribution is -1.80. The normalized spacial score (nSPS) is 11.0. The van der Waals surface area contributed by atoms with E-state index in [-0.39, 0.29) is 0 Å². The Morgan fingerprint density at radius 2 is 1.27 bits per heavy atom. The van der Waals surface area contributed by atoms with Gasteiger partial charge in [-0.25, -0.2) is 0 Å². The summed E-state index contributed by atoms with van der Waals surface area (Å²) in [6, 6.07) is 5.00. The largest absolute Gasteiger partial charge is 0.0843 e. The fourth-order valence-electron chi connectivity index (χ4n) is 1.33. The summed E-state index contributed by atoms with van der Waals surface area (Å²) in [5.74, 6) is 0. The van der Waals surface area contributed by atoms with E-state index < -0.39 is 0 Å². The highest BCUT2D eigenvalue weighted by atomic mass is 35.5. The highest BCUT2D eigenvalue weighted by molar-refractivity contribution is 6.51. The molecule has 2 aromatic carbocycles. The second-order valence-electron chi connectivity index (χ2n) is 2.97. The first-order valence-corrected chi connectivity index (χ1v) is 5.82. The van der Waals surface area contributed by atoms with E-state index in [1.165, 1.54) is 0 Å². The molecule has 0 N–H and O–H groups in total. The first kappa shape index (κ1) is 11.6. The molecule has 0 aliphatic carbocycles. The highest BCUT2D eigenvalue weighted by Gasteiger charge is 2.11. The third-order valence-corrected chi connectivity index (χ3v) is 3.81. The van der Waals surface area contributed by atoms with Crippen LogP contribution in [0.4, 0.5) is 0 Å². The van der Waals surface area contributed by atoms with Crippen LogP contribution < -0.4 is 0 Å². The Labute approximate surface area is 112 Å². The van der Waals surface area contributed by atoms with Crippen LogP contribution in [0.25, 0.3) is 10.8 Å². The highest BCUT2D eigenvalue weighted by Crippen LogP contribution is 2.40. The molecule has 0 amide bonds. The average molecular weight is 300 g/mol. The molecular formula is C10H3Cl5. The minimum absolute atomic E-state index is 0.309. The van der Waals surface area contributed by atoms with Crippen LogP contribution in [-0.2, 0) is 0 Å². The number of hydrogen-bond donors (Lipinski definition) is 0. The summed E-state index contributed by atoms with van der Waals surface area (Å²) >= 11 is 29.7. The minimum atomic E-state index is 0.309. The molecule has 0 aliphatic heterocycles. The van der Waals surface area contributed by atoms with E-state index in [1.807, 2.05) is 0 Å². The van der Waals surface area contributed by atoms with Crippen LogP contribution in [0.2, 0.25) is 25.1 Å². The van der Waals surface area contributed by atoms with Crippen LogP contribution in [0, 0.1) is 0 Å². The van der Waals surface area contributed by atoms with Crippen molar-refractivity contribution in [3.8, 4) is 0 Å².